The molecule has 0 spiro atoms. The lowest BCUT2D eigenvalue weighted by Gasteiger charge is -2.31. The number of rotatable bonds is 7. The predicted molar refractivity (Wildman–Crippen MR) is 111 cm³/mol. The van der Waals surface area contributed by atoms with Gasteiger partial charge in [0.1, 0.15) is 17.0 Å². The summed E-state index contributed by atoms with van der Waals surface area (Å²) < 4.78 is 44.5. The number of aliphatic hydroxyl groups is 1. The molecule has 0 bridgehead atoms. The number of nitrogens with one attached hydrogen (secondary N) is 1. The minimum absolute atomic E-state index is 0.0891. The molecular formula is C19H27F3N6OS. The summed E-state index contributed by atoms with van der Waals surface area (Å²) in [6.07, 6.45) is 0.793. The topological polar surface area (TPSA) is 79.1 Å². The first-order valence-electron chi connectivity index (χ1n) is 9.88. The number of aromatic nitrogens is 4. The third-order valence-electron chi connectivity index (χ3n) is 4.64. The molecule has 1 aliphatic rings. The van der Waals surface area contributed by atoms with Gasteiger partial charge in [-0.1, -0.05) is 18.9 Å². The molecule has 0 saturated carbocycles. The van der Waals surface area contributed by atoms with E-state index in [1.54, 1.807) is 30.4 Å². The molecular weight excluding hydrogens is 417 g/mol. The van der Waals surface area contributed by atoms with Crippen molar-refractivity contribution in [3.05, 3.63) is 24.3 Å². The van der Waals surface area contributed by atoms with Gasteiger partial charge in [-0.3, -0.25) is 4.31 Å². The summed E-state index contributed by atoms with van der Waals surface area (Å²) in [7, 11) is 0. The van der Waals surface area contributed by atoms with Crippen molar-refractivity contribution in [2.75, 3.05) is 24.2 Å². The monoisotopic (exact) mass is 444 g/mol. The van der Waals surface area contributed by atoms with E-state index in [1.807, 2.05) is 0 Å². The highest BCUT2D eigenvalue weighted by Crippen LogP contribution is 2.35. The maximum atomic E-state index is 13.5. The van der Waals surface area contributed by atoms with Gasteiger partial charge in [-0.15, -0.1) is 0 Å². The molecule has 1 fully saturated rings. The van der Waals surface area contributed by atoms with Crippen LogP contribution in [0.2, 0.25) is 0 Å². The van der Waals surface area contributed by atoms with Crippen molar-refractivity contribution < 1.29 is 18.3 Å². The second-order valence-corrected chi connectivity index (χ2v) is 9.31. The average Bonchev–Trinajstić information content (AvgIpc) is 3.09. The van der Waals surface area contributed by atoms with Crippen LogP contribution in [0.3, 0.4) is 0 Å². The Morgan fingerprint density at radius 3 is 2.53 bits per heavy atom. The molecule has 0 atom stereocenters. The van der Waals surface area contributed by atoms with E-state index in [1.165, 1.54) is 12.5 Å². The van der Waals surface area contributed by atoms with Gasteiger partial charge in [0, 0.05) is 37.3 Å². The third-order valence-corrected chi connectivity index (χ3v) is 5.63. The summed E-state index contributed by atoms with van der Waals surface area (Å²) >= 11 is 1.79. The molecule has 1 aliphatic heterocycles. The van der Waals surface area contributed by atoms with Crippen molar-refractivity contribution in [2.45, 2.75) is 58.0 Å². The van der Waals surface area contributed by atoms with Crippen LogP contribution in [-0.4, -0.2) is 59.4 Å². The predicted octanol–water partition coefficient (Wildman–Crippen LogP) is 3.67. The van der Waals surface area contributed by atoms with Gasteiger partial charge in [-0.25, -0.2) is 15.0 Å². The first-order chi connectivity index (χ1) is 14.0. The number of hydrogen-bond acceptors (Lipinski definition) is 7. The van der Waals surface area contributed by atoms with Gasteiger partial charge in [-0.05, 0) is 26.7 Å². The number of imidazole rings is 1. The highest BCUT2D eigenvalue weighted by Gasteiger charge is 2.36. The Morgan fingerprint density at radius 1 is 1.23 bits per heavy atom. The Morgan fingerprint density at radius 2 is 1.93 bits per heavy atom. The Bertz CT molecular complexity index is 844. The fourth-order valence-electron chi connectivity index (χ4n) is 3.36. The van der Waals surface area contributed by atoms with Gasteiger partial charge >= 0.3 is 6.18 Å². The molecule has 11 heteroatoms. The summed E-state index contributed by atoms with van der Waals surface area (Å²) in [4.78, 5) is 12.2. The van der Waals surface area contributed by atoms with E-state index >= 15 is 0 Å². The third kappa shape index (κ3) is 6.08. The summed E-state index contributed by atoms with van der Waals surface area (Å²) in [5.74, 6) is 1.18. The standard InChI is InChI=1S/C19H27F3N6OS/c1-4-30-28-7-5-13(6-8-28)25-17-23-9-14(19(20,21)22)16(26-17)15-10-27(12-24-15)11-18(2,3)29/h9-10,12-13,29H,4-8,11H2,1-3H3,(H,23,25,26). The minimum atomic E-state index is -4.60. The zero-order chi connectivity index (χ0) is 21.9. The van der Waals surface area contributed by atoms with E-state index in [9.17, 15) is 18.3 Å². The maximum Gasteiger partial charge on any atom is 0.420 e. The van der Waals surface area contributed by atoms with E-state index in [0.29, 0.717) is 0 Å². The van der Waals surface area contributed by atoms with Gasteiger partial charge in [0.05, 0.1) is 18.5 Å². The summed E-state index contributed by atoms with van der Waals surface area (Å²) in [6, 6.07) is 0.107. The normalized spacial score (nSPS) is 16.8. The molecule has 0 radical (unpaired) electrons. The highest BCUT2D eigenvalue weighted by atomic mass is 32.2. The summed E-state index contributed by atoms with van der Waals surface area (Å²) in [5, 5.41) is 13.1. The molecule has 2 aromatic rings. The maximum absolute atomic E-state index is 13.5. The molecule has 0 amide bonds. The SMILES string of the molecule is CCSN1CCC(Nc2ncc(C(F)(F)F)c(-c3cn(CC(C)(C)O)cn3)n2)CC1. The lowest BCUT2D eigenvalue weighted by molar-refractivity contribution is -0.137. The summed E-state index contributed by atoms with van der Waals surface area (Å²) in [5.41, 5.74) is -2.14. The molecule has 0 unspecified atom stereocenters. The molecule has 3 rings (SSSR count). The lowest BCUT2D eigenvalue weighted by Crippen LogP contribution is -2.36. The van der Waals surface area contributed by atoms with Crippen LogP contribution in [0, 0.1) is 0 Å². The molecule has 3 heterocycles. The number of piperidine rings is 1. The van der Waals surface area contributed by atoms with Crippen LogP contribution in [0.5, 0.6) is 0 Å². The van der Waals surface area contributed by atoms with Crippen LogP contribution < -0.4 is 5.32 Å². The largest absolute Gasteiger partial charge is 0.420 e. The molecule has 0 aliphatic carbocycles. The number of halogens is 3. The van der Waals surface area contributed by atoms with Crippen molar-refractivity contribution in [3.8, 4) is 11.4 Å². The Kier molecular flexibility index (Phi) is 6.93. The summed E-state index contributed by atoms with van der Waals surface area (Å²) in [6.45, 7) is 7.35. The van der Waals surface area contributed by atoms with Gasteiger partial charge in [0.15, 0.2) is 0 Å². The van der Waals surface area contributed by atoms with E-state index in [2.05, 4.69) is 31.5 Å². The Hall–Kier alpha value is -1.85. The first-order valence-corrected chi connectivity index (χ1v) is 10.8. The lowest BCUT2D eigenvalue weighted by atomic mass is 10.1. The second kappa shape index (κ2) is 9.11. The fourth-order valence-corrected chi connectivity index (χ4v) is 4.20. The Labute approximate surface area is 178 Å². The second-order valence-electron chi connectivity index (χ2n) is 7.96. The smallest absolute Gasteiger partial charge is 0.389 e. The van der Waals surface area contributed by atoms with E-state index in [-0.39, 0.29) is 29.9 Å². The van der Waals surface area contributed by atoms with Crippen LogP contribution >= 0.6 is 11.9 Å². The van der Waals surface area contributed by atoms with Gasteiger partial charge in [-0.2, -0.15) is 13.2 Å². The van der Waals surface area contributed by atoms with Crippen LogP contribution in [-0.2, 0) is 12.7 Å². The van der Waals surface area contributed by atoms with Crippen molar-refractivity contribution in [2.24, 2.45) is 0 Å². The molecule has 7 nitrogen and oxygen atoms in total. The molecule has 2 aromatic heterocycles. The van der Waals surface area contributed by atoms with E-state index < -0.39 is 17.3 Å². The van der Waals surface area contributed by atoms with Crippen molar-refractivity contribution in [1.29, 1.82) is 0 Å². The van der Waals surface area contributed by atoms with Crippen molar-refractivity contribution in [3.63, 3.8) is 0 Å². The minimum Gasteiger partial charge on any atom is -0.389 e. The van der Waals surface area contributed by atoms with E-state index in [4.69, 9.17) is 0 Å². The van der Waals surface area contributed by atoms with Crippen molar-refractivity contribution >= 4 is 17.9 Å². The van der Waals surface area contributed by atoms with Crippen molar-refractivity contribution in [1.82, 2.24) is 23.8 Å². The fraction of sp³-hybridized carbons (Fsp3) is 0.632. The van der Waals surface area contributed by atoms with Gasteiger partial charge in [0.2, 0.25) is 5.95 Å². The average molecular weight is 445 g/mol. The first kappa shape index (κ1) is 22.8. The zero-order valence-electron chi connectivity index (χ0n) is 17.3. The molecule has 0 aromatic carbocycles. The Balaban J connectivity index is 1.81. The number of anilines is 1. The highest BCUT2D eigenvalue weighted by molar-refractivity contribution is 7.96. The van der Waals surface area contributed by atoms with Crippen LogP contribution in [0.4, 0.5) is 19.1 Å². The van der Waals surface area contributed by atoms with Crippen LogP contribution in [0.15, 0.2) is 18.7 Å². The van der Waals surface area contributed by atoms with Crippen LogP contribution in [0.25, 0.3) is 11.4 Å². The van der Waals surface area contributed by atoms with E-state index in [0.717, 1.165) is 37.9 Å². The van der Waals surface area contributed by atoms with Gasteiger partial charge in [0.25, 0.3) is 0 Å². The van der Waals surface area contributed by atoms with Crippen LogP contribution in [0.1, 0.15) is 39.2 Å². The van der Waals surface area contributed by atoms with Gasteiger partial charge < -0.3 is 15.0 Å². The quantitative estimate of drug-likeness (QED) is 0.631. The molecule has 30 heavy (non-hydrogen) atoms. The number of hydrogen-bond donors (Lipinski definition) is 2. The number of alkyl halides is 3. The molecule has 1 saturated heterocycles. The molecule has 2 N–H and O–H groups in total. The molecule has 166 valence electrons. The zero-order valence-corrected chi connectivity index (χ0v) is 18.1. The number of nitrogens with zero attached hydrogens (tertiary/aromatic N) is 5.